The molecule has 160 valence electrons. The Hall–Kier alpha value is -3.48. The van der Waals surface area contributed by atoms with Crippen LogP contribution in [0.2, 0.25) is 0 Å². The number of carbonyl (C=O) groups is 1. The Balaban J connectivity index is 1.45. The predicted molar refractivity (Wildman–Crippen MR) is 116 cm³/mol. The van der Waals surface area contributed by atoms with E-state index in [2.05, 4.69) is 10.3 Å². The number of rotatable bonds is 9. The largest absolute Gasteiger partial charge is 0.491 e. The van der Waals surface area contributed by atoms with E-state index >= 15 is 0 Å². The van der Waals surface area contributed by atoms with Crippen molar-refractivity contribution in [3.63, 3.8) is 0 Å². The average Bonchev–Trinajstić information content (AvgIpc) is 2.79. The second-order valence-electron chi connectivity index (χ2n) is 6.78. The van der Waals surface area contributed by atoms with Crippen molar-refractivity contribution in [3.8, 4) is 11.8 Å². The number of benzene rings is 2. The number of pyridine rings is 1. The maximum Gasteiger partial charge on any atom is 0.243 e. The Morgan fingerprint density at radius 1 is 1.16 bits per heavy atom. The molecule has 9 heteroatoms. The van der Waals surface area contributed by atoms with Gasteiger partial charge in [0, 0.05) is 25.2 Å². The van der Waals surface area contributed by atoms with Crippen molar-refractivity contribution < 1.29 is 17.9 Å². The third kappa shape index (κ3) is 5.57. The quantitative estimate of drug-likeness (QED) is 0.513. The summed E-state index contributed by atoms with van der Waals surface area (Å²) in [6.45, 7) is 0.424. The minimum absolute atomic E-state index is 0.0268. The van der Waals surface area contributed by atoms with Crippen LogP contribution in [0, 0.1) is 11.3 Å². The number of ether oxygens (including phenoxy) is 1. The highest BCUT2D eigenvalue weighted by Gasteiger charge is 2.22. The first-order valence-electron chi connectivity index (χ1n) is 9.61. The number of para-hydroxylation sites is 1. The van der Waals surface area contributed by atoms with Crippen LogP contribution in [0.4, 0.5) is 0 Å². The van der Waals surface area contributed by atoms with Crippen LogP contribution >= 0.6 is 0 Å². The summed E-state index contributed by atoms with van der Waals surface area (Å²) in [5, 5.41) is 12.5. The third-order valence-electron chi connectivity index (χ3n) is 4.55. The molecule has 0 saturated carbocycles. The number of carbonyl (C=O) groups excluding carboxylic acids is 1. The number of nitrogens with zero attached hydrogens (tertiary/aromatic N) is 3. The lowest BCUT2D eigenvalue weighted by Crippen LogP contribution is -2.38. The van der Waals surface area contributed by atoms with E-state index in [9.17, 15) is 13.2 Å². The summed E-state index contributed by atoms with van der Waals surface area (Å²) >= 11 is 0. The number of fused-ring (bicyclic) bond motifs is 1. The molecule has 0 aliphatic carbocycles. The van der Waals surface area contributed by atoms with E-state index < -0.39 is 15.9 Å². The SMILES string of the molecule is CN(CC(=O)NCCCOc1cccc2cccnc12)S(=O)(=O)c1ccc(C#N)cc1. The van der Waals surface area contributed by atoms with Gasteiger partial charge in [0.15, 0.2) is 0 Å². The van der Waals surface area contributed by atoms with Gasteiger partial charge in [-0.15, -0.1) is 0 Å². The van der Waals surface area contributed by atoms with Gasteiger partial charge in [0.25, 0.3) is 0 Å². The van der Waals surface area contributed by atoms with Gasteiger partial charge in [-0.25, -0.2) is 8.42 Å². The van der Waals surface area contributed by atoms with E-state index in [4.69, 9.17) is 10.00 Å². The van der Waals surface area contributed by atoms with E-state index in [1.807, 2.05) is 36.4 Å². The van der Waals surface area contributed by atoms with Gasteiger partial charge in [0.1, 0.15) is 11.3 Å². The van der Waals surface area contributed by atoms with Crippen molar-refractivity contribution in [1.82, 2.24) is 14.6 Å². The van der Waals surface area contributed by atoms with Crippen molar-refractivity contribution >= 4 is 26.8 Å². The van der Waals surface area contributed by atoms with Crippen LogP contribution in [0.1, 0.15) is 12.0 Å². The monoisotopic (exact) mass is 438 g/mol. The minimum atomic E-state index is -3.82. The lowest BCUT2D eigenvalue weighted by Gasteiger charge is -2.17. The number of amides is 1. The fraction of sp³-hybridized carbons (Fsp3) is 0.227. The number of hydrogen-bond donors (Lipinski definition) is 1. The Morgan fingerprint density at radius 2 is 1.90 bits per heavy atom. The fourth-order valence-corrected chi connectivity index (χ4v) is 4.03. The Kier molecular flexibility index (Phi) is 7.18. The predicted octanol–water partition coefficient (Wildman–Crippen LogP) is 2.31. The number of hydrogen-bond acceptors (Lipinski definition) is 6. The molecule has 1 heterocycles. The van der Waals surface area contributed by atoms with Gasteiger partial charge in [0.05, 0.1) is 29.7 Å². The Morgan fingerprint density at radius 3 is 2.65 bits per heavy atom. The van der Waals surface area contributed by atoms with E-state index in [0.29, 0.717) is 30.9 Å². The molecule has 8 nitrogen and oxygen atoms in total. The van der Waals surface area contributed by atoms with Gasteiger partial charge >= 0.3 is 0 Å². The van der Waals surface area contributed by atoms with Gasteiger partial charge in [-0.2, -0.15) is 9.57 Å². The van der Waals surface area contributed by atoms with Crippen molar-refractivity contribution in [2.45, 2.75) is 11.3 Å². The van der Waals surface area contributed by atoms with Crippen LogP contribution in [0.25, 0.3) is 10.9 Å². The standard InChI is InChI=1S/C22H22N4O4S/c1-26(31(28,29)19-10-8-17(15-23)9-11-19)16-21(27)24-13-4-14-30-20-7-2-5-18-6-3-12-25-22(18)20/h2-3,5-12H,4,13-14,16H2,1H3,(H,24,27). The maximum atomic E-state index is 12.5. The molecule has 1 aromatic heterocycles. The van der Waals surface area contributed by atoms with Crippen molar-refractivity contribution in [2.75, 3.05) is 26.7 Å². The first-order valence-corrected chi connectivity index (χ1v) is 11.1. The zero-order valence-corrected chi connectivity index (χ0v) is 17.8. The molecule has 0 unspecified atom stereocenters. The van der Waals surface area contributed by atoms with Gasteiger partial charge in [0.2, 0.25) is 15.9 Å². The van der Waals surface area contributed by atoms with E-state index in [1.54, 1.807) is 6.20 Å². The second kappa shape index (κ2) is 10.0. The van der Waals surface area contributed by atoms with E-state index in [1.165, 1.54) is 31.3 Å². The number of nitriles is 1. The minimum Gasteiger partial charge on any atom is -0.491 e. The van der Waals surface area contributed by atoms with Gasteiger partial charge in [-0.05, 0) is 42.8 Å². The first-order chi connectivity index (χ1) is 14.9. The van der Waals surface area contributed by atoms with Crippen LogP contribution in [0.15, 0.2) is 65.7 Å². The number of likely N-dealkylation sites (N-methyl/N-ethyl adjacent to an activating group) is 1. The molecule has 0 fully saturated rings. The lowest BCUT2D eigenvalue weighted by atomic mass is 10.2. The van der Waals surface area contributed by atoms with Crippen molar-refractivity contribution in [1.29, 1.82) is 5.26 Å². The highest BCUT2D eigenvalue weighted by atomic mass is 32.2. The highest BCUT2D eigenvalue weighted by Crippen LogP contribution is 2.22. The molecule has 0 saturated heterocycles. The molecule has 0 atom stereocenters. The first kappa shape index (κ1) is 22.2. The van der Waals surface area contributed by atoms with Crippen LogP contribution in [-0.2, 0) is 14.8 Å². The van der Waals surface area contributed by atoms with Gasteiger partial charge in [-0.3, -0.25) is 9.78 Å². The van der Waals surface area contributed by atoms with Crippen molar-refractivity contribution in [3.05, 3.63) is 66.4 Å². The molecular formula is C22H22N4O4S. The second-order valence-corrected chi connectivity index (χ2v) is 8.83. The van der Waals surface area contributed by atoms with Gasteiger partial charge in [-0.1, -0.05) is 18.2 Å². The topological polar surface area (TPSA) is 112 Å². The molecule has 2 aromatic carbocycles. The van der Waals surface area contributed by atoms with Crippen molar-refractivity contribution in [2.24, 2.45) is 0 Å². The van der Waals surface area contributed by atoms with E-state index in [-0.39, 0.29) is 11.4 Å². The lowest BCUT2D eigenvalue weighted by molar-refractivity contribution is -0.121. The summed E-state index contributed by atoms with van der Waals surface area (Å²) in [5.74, 6) is 0.268. The number of sulfonamides is 1. The fourth-order valence-electron chi connectivity index (χ4n) is 2.90. The zero-order valence-electron chi connectivity index (χ0n) is 17.0. The molecule has 1 N–H and O–H groups in total. The summed E-state index contributed by atoms with van der Waals surface area (Å²) < 4.78 is 31.8. The molecule has 0 bridgehead atoms. The van der Waals surface area contributed by atoms with Gasteiger partial charge < -0.3 is 10.1 Å². The summed E-state index contributed by atoms with van der Waals surface area (Å²) in [6.07, 6.45) is 2.26. The zero-order chi connectivity index (χ0) is 22.3. The summed E-state index contributed by atoms with van der Waals surface area (Å²) in [6, 6.07) is 17.0. The molecule has 3 rings (SSSR count). The molecule has 0 aliphatic heterocycles. The van der Waals surface area contributed by atoms with Crippen LogP contribution in [-0.4, -0.2) is 50.4 Å². The molecule has 0 aliphatic rings. The molecule has 0 spiro atoms. The van der Waals surface area contributed by atoms with Crippen LogP contribution in [0.5, 0.6) is 5.75 Å². The normalized spacial score (nSPS) is 11.3. The molecule has 1 amide bonds. The molecule has 3 aromatic rings. The number of aromatic nitrogens is 1. The summed E-state index contributed by atoms with van der Waals surface area (Å²) in [5.41, 5.74) is 1.14. The molecule has 31 heavy (non-hydrogen) atoms. The number of nitrogens with one attached hydrogen (secondary N) is 1. The van der Waals surface area contributed by atoms with Crippen LogP contribution in [0.3, 0.4) is 0 Å². The summed E-state index contributed by atoms with van der Waals surface area (Å²) in [7, 11) is -2.48. The summed E-state index contributed by atoms with van der Waals surface area (Å²) in [4.78, 5) is 16.5. The highest BCUT2D eigenvalue weighted by molar-refractivity contribution is 7.89. The smallest absolute Gasteiger partial charge is 0.243 e. The average molecular weight is 439 g/mol. The third-order valence-corrected chi connectivity index (χ3v) is 6.37. The maximum absolute atomic E-state index is 12.5. The molecular weight excluding hydrogens is 416 g/mol. The van der Waals surface area contributed by atoms with Crippen LogP contribution < -0.4 is 10.1 Å². The Labute approximate surface area is 181 Å². The van der Waals surface area contributed by atoms with E-state index in [0.717, 1.165) is 15.2 Å². The molecule has 0 radical (unpaired) electrons. The Bertz CT molecular complexity index is 1200.